The van der Waals surface area contributed by atoms with E-state index in [1.54, 1.807) is 18.2 Å². The van der Waals surface area contributed by atoms with E-state index in [1.807, 2.05) is 11.0 Å². The SMILES string of the molecule is C[C@H]1CCCN(C(=O)CCn2nnc3ccccc3c2=O)CC1. The predicted molar refractivity (Wildman–Crippen MR) is 88.0 cm³/mol. The highest BCUT2D eigenvalue weighted by atomic mass is 16.2. The molecule has 0 spiro atoms. The number of fused-ring (bicyclic) bond motifs is 1. The van der Waals surface area contributed by atoms with Gasteiger partial charge in [-0.2, -0.15) is 0 Å². The Hall–Kier alpha value is -2.24. The fraction of sp³-hybridized carbons (Fsp3) is 0.529. The van der Waals surface area contributed by atoms with Crippen molar-refractivity contribution in [2.24, 2.45) is 5.92 Å². The van der Waals surface area contributed by atoms with E-state index in [0.717, 1.165) is 25.9 Å². The first kappa shape index (κ1) is 15.6. The number of rotatable bonds is 3. The first-order chi connectivity index (χ1) is 11.1. The molecular weight excluding hydrogens is 292 g/mol. The maximum absolute atomic E-state index is 12.4. The molecule has 0 aliphatic carbocycles. The number of nitrogens with zero attached hydrogens (tertiary/aromatic N) is 4. The van der Waals surface area contributed by atoms with Crippen molar-refractivity contribution >= 4 is 16.8 Å². The van der Waals surface area contributed by atoms with Gasteiger partial charge in [0.05, 0.1) is 11.9 Å². The normalized spacial score (nSPS) is 18.8. The van der Waals surface area contributed by atoms with E-state index < -0.39 is 0 Å². The van der Waals surface area contributed by atoms with Gasteiger partial charge in [-0.15, -0.1) is 5.10 Å². The molecule has 122 valence electrons. The van der Waals surface area contributed by atoms with Gasteiger partial charge in [-0.05, 0) is 37.3 Å². The summed E-state index contributed by atoms with van der Waals surface area (Å²) in [6.45, 7) is 4.15. The second-order valence-corrected chi connectivity index (χ2v) is 6.30. The standard InChI is InChI=1S/C17H22N4O2/c1-13-5-4-10-20(11-8-13)16(22)9-12-21-17(23)14-6-2-3-7-15(14)18-19-21/h2-3,6-7,13H,4-5,8-12H2,1H3/t13-/m0/s1. The number of carbonyl (C=O) groups excluding carboxylic acids is 1. The van der Waals surface area contributed by atoms with Gasteiger partial charge in [0.25, 0.3) is 5.56 Å². The van der Waals surface area contributed by atoms with Gasteiger partial charge in [0, 0.05) is 19.5 Å². The molecule has 0 bridgehead atoms. The molecule has 3 rings (SSSR count). The summed E-state index contributed by atoms with van der Waals surface area (Å²) in [6.07, 6.45) is 3.59. The van der Waals surface area contributed by atoms with Crippen LogP contribution in [0.5, 0.6) is 0 Å². The minimum absolute atomic E-state index is 0.0981. The van der Waals surface area contributed by atoms with Crippen molar-refractivity contribution in [3.63, 3.8) is 0 Å². The summed E-state index contributed by atoms with van der Waals surface area (Å²) in [6, 6.07) is 7.13. The van der Waals surface area contributed by atoms with E-state index >= 15 is 0 Å². The summed E-state index contributed by atoms with van der Waals surface area (Å²) in [5.41, 5.74) is 0.398. The Morgan fingerprint density at radius 1 is 1.26 bits per heavy atom. The lowest BCUT2D eigenvalue weighted by molar-refractivity contribution is -0.131. The first-order valence-corrected chi connectivity index (χ1v) is 8.25. The molecule has 0 N–H and O–H groups in total. The fourth-order valence-electron chi connectivity index (χ4n) is 3.04. The van der Waals surface area contributed by atoms with Crippen molar-refractivity contribution in [2.45, 2.75) is 39.2 Å². The van der Waals surface area contributed by atoms with Gasteiger partial charge in [-0.25, -0.2) is 4.68 Å². The van der Waals surface area contributed by atoms with E-state index in [-0.39, 0.29) is 18.0 Å². The van der Waals surface area contributed by atoms with Crippen LogP contribution in [0.15, 0.2) is 29.1 Å². The lowest BCUT2D eigenvalue weighted by Gasteiger charge is -2.20. The zero-order valence-corrected chi connectivity index (χ0v) is 13.4. The largest absolute Gasteiger partial charge is 0.343 e. The zero-order chi connectivity index (χ0) is 16.2. The van der Waals surface area contributed by atoms with Crippen LogP contribution in [0.4, 0.5) is 0 Å². The van der Waals surface area contributed by atoms with E-state index in [4.69, 9.17) is 0 Å². The molecule has 1 aliphatic heterocycles. The van der Waals surface area contributed by atoms with E-state index in [1.165, 1.54) is 11.1 Å². The van der Waals surface area contributed by atoms with Gasteiger partial charge in [0.15, 0.2) is 0 Å². The van der Waals surface area contributed by atoms with Gasteiger partial charge >= 0.3 is 0 Å². The summed E-state index contributed by atoms with van der Waals surface area (Å²) < 4.78 is 1.29. The van der Waals surface area contributed by atoms with Gasteiger partial charge in [0.1, 0.15) is 5.52 Å². The lowest BCUT2D eigenvalue weighted by Crippen LogP contribution is -2.34. The Balaban J connectivity index is 1.67. The van der Waals surface area contributed by atoms with Crippen LogP contribution in [-0.2, 0) is 11.3 Å². The van der Waals surface area contributed by atoms with Crippen molar-refractivity contribution in [3.8, 4) is 0 Å². The van der Waals surface area contributed by atoms with Crippen molar-refractivity contribution < 1.29 is 4.79 Å². The summed E-state index contributed by atoms with van der Waals surface area (Å²) in [5, 5.41) is 8.52. The van der Waals surface area contributed by atoms with Gasteiger partial charge < -0.3 is 4.90 Å². The quantitative estimate of drug-likeness (QED) is 0.867. The number of benzene rings is 1. The summed E-state index contributed by atoms with van der Waals surface area (Å²) >= 11 is 0. The van der Waals surface area contributed by atoms with Crippen LogP contribution in [-0.4, -0.2) is 38.9 Å². The van der Waals surface area contributed by atoms with Crippen LogP contribution in [0, 0.1) is 5.92 Å². The smallest absolute Gasteiger partial charge is 0.277 e. The summed E-state index contributed by atoms with van der Waals surface area (Å²) in [7, 11) is 0. The maximum Gasteiger partial charge on any atom is 0.277 e. The average Bonchev–Trinajstić information content (AvgIpc) is 2.79. The van der Waals surface area contributed by atoms with Crippen LogP contribution in [0.1, 0.15) is 32.6 Å². The molecule has 6 nitrogen and oxygen atoms in total. The van der Waals surface area contributed by atoms with Gasteiger partial charge in [0.2, 0.25) is 5.91 Å². The predicted octanol–water partition coefficient (Wildman–Crippen LogP) is 1.83. The number of hydrogen-bond acceptors (Lipinski definition) is 4. The molecule has 2 aromatic rings. The molecule has 1 aromatic heterocycles. The molecule has 1 amide bonds. The summed E-state index contributed by atoms with van der Waals surface area (Å²) in [4.78, 5) is 26.6. The lowest BCUT2D eigenvalue weighted by atomic mass is 10.0. The molecule has 2 heterocycles. The Kier molecular flexibility index (Phi) is 4.69. The van der Waals surface area contributed by atoms with Crippen molar-refractivity contribution in [3.05, 3.63) is 34.6 Å². The molecule has 6 heteroatoms. The highest BCUT2D eigenvalue weighted by molar-refractivity contribution is 5.77. The van der Waals surface area contributed by atoms with Gasteiger partial charge in [-0.1, -0.05) is 24.3 Å². The number of likely N-dealkylation sites (tertiary alicyclic amines) is 1. The van der Waals surface area contributed by atoms with Crippen LogP contribution >= 0.6 is 0 Å². The molecular formula is C17H22N4O2. The van der Waals surface area contributed by atoms with Crippen LogP contribution in [0.25, 0.3) is 10.9 Å². The number of aryl methyl sites for hydroxylation is 1. The van der Waals surface area contributed by atoms with Gasteiger partial charge in [-0.3, -0.25) is 9.59 Å². The van der Waals surface area contributed by atoms with Crippen LogP contribution in [0.2, 0.25) is 0 Å². The third kappa shape index (κ3) is 3.57. The molecule has 1 fully saturated rings. The Morgan fingerprint density at radius 3 is 2.96 bits per heavy atom. The topological polar surface area (TPSA) is 68.1 Å². The third-order valence-corrected chi connectivity index (χ3v) is 4.54. The van der Waals surface area contributed by atoms with Crippen LogP contribution < -0.4 is 5.56 Å². The van der Waals surface area contributed by atoms with Crippen molar-refractivity contribution in [1.29, 1.82) is 0 Å². The number of amides is 1. The molecule has 0 saturated carbocycles. The third-order valence-electron chi connectivity index (χ3n) is 4.54. The Labute approximate surface area is 135 Å². The highest BCUT2D eigenvalue weighted by Crippen LogP contribution is 2.17. The molecule has 1 atom stereocenters. The number of hydrogen-bond donors (Lipinski definition) is 0. The van der Waals surface area contributed by atoms with E-state index in [2.05, 4.69) is 17.2 Å². The number of carbonyl (C=O) groups is 1. The van der Waals surface area contributed by atoms with Crippen LogP contribution in [0.3, 0.4) is 0 Å². The molecule has 0 unspecified atom stereocenters. The molecule has 1 saturated heterocycles. The molecule has 1 aromatic carbocycles. The second kappa shape index (κ2) is 6.89. The van der Waals surface area contributed by atoms with Crippen molar-refractivity contribution in [1.82, 2.24) is 19.9 Å². The Bertz CT molecular complexity index is 756. The van der Waals surface area contributed by atoms with E-state index in [9.17, 15) is 9.59 Å². The second-order valence-electron chi connectivity index (χ2n) is 6.30. The molecule has 0 radical (unpaired) electrons. The highest BCUT2D eigenvalue weighted by Gasteiger charge is 2.18. The monoisotopic (exact) mass is 314 g/mol. The minimum Gasteiger partial charge on any atom is -0.343 e. The first-order valence-electron chi connectivity index (χ1n) is 8.25. The molecule has 23 heavy (non-hydrogen) atoms. The Morgan fingerprint density at radius 2 is 2.09 bits per heavy atom. The van der Waals surface area contributed by atoms with E-state index in [0.29, 0.717) is 23.2 Å². The molecule has 1 aliphatic rings. The maximum atomic E-state index is 12.4. The summed E-state index contributed by atoms with van der Waals surface area (Å²) in [5.74, 6) is 0.780. The average molecular weight is 314 g/mol. The fourth-order valence-corrected chi connectivity index (χ4v) is 3.04. The van der Waals surface area contributed by atoms with Crippen molar-refractivity contribution in [2.75, 3.05) is 13.1 Å². The zero-order valence-electron chi connectivity index (χ0n) is 13.4. The number of aromatic nitrogens is 3. The minimum atomic E-state index is -0.187.